The third-order valence-corrected chi connectivity index (χ3v) is 6.19. The summed E-state index contributed by atoms with van der Waals surface area (Å²) in [6.07, 6.45) is 4.42. The van der Waals surface area contributed by atoms with Crippen molar-refractivity contribution in [2.24, 2.45) is 0 Å². The number of benzene rings is 3. The maximum absolute atomic E-state index is 14.7. The molecule has 178 valence electrons. The van der Waals surface area contributed by atoms with Crippen molar-refractivity contribution in [2.75, 3.05) is 5.32 Å². The first-order valence-electron chi connectivity index (χ1n) is 10.8. The van der Waals surface area contributed by atoms with Crippen molar-refractivity contribution >= 4 is 28.2 Å². The van der Waals surface area contributed by atoms with Crippen LogP contribution in [0.5, 0.6) is 0 Å². The molecule has 0 saturated heterocycles. The molecule has 0 fully saturated rings. The molecule has 0 bridgehead atoms. The Hall–Kier alpha value is -3.82. The molecule has 0 radical (unpaired) electrons. The molecule has 0 amide bonds. The third-order valence-electron chi connectivity index (χ3n) is 5.82. The summed E-state index contributed by atoms with van der Waals surface area (Å²) in [6.45, 7) is 0.362. The van der Waals surface area contributed by atoms with E-state index in [4.69, 9.17) is 11.6 Å². The number of rotatable bonds is 8. The summed E-state index contributed by atoms with van der Waals surface area (Å²) in [4.78, 5) is 3.89. The second-order valence-electron chi connectivity index (χ2n) is 8.27. The van der Waals surface area contributed by atoms with Crippen molar-refractivity contribution in [3.05, 3.63) is 107 Å². The first-order valence-corrected chi connectivity index (χ1v) is 11.2. The van der Waals surface area contributed by atoms with Gasteiger partial charge in [0.05, 0.1) is 24.8 Å². The number of hydrogen-bond donors (Lipinski definition) is 2. The van der Waals surface area contributed by atoms with Crippen LogP contribution in [0.4, 0.5) is 14.5 Å². The minimum absolute atomic E-state index is 0.0592. The number of nitrogens with zero attached hydrogens (tertiary/aromatic N) is 5. The molecule has 5 rings (SSSR count). The molecule has 3 aromatic carbocycles. The fourth-order valence-electron chi connectivity index (χ4n) is 4.08. The van der Waals surface area contributed by atoms with Gasteiger partial charge in [0.2, 0.25) is 0 Å². The molecule has 2 aromatic heterocycles. The molecule has 2 heterocycles. The summed E-state index contributed by atoms with van der Waals surface area (Å²) in [5.41, 5.74) is 0.763. The predicted molar refractivity (Wildman–Crippen MR) is 129 cm³/mol. The van der Waals surface area contributed by atoms with E-state index in [1.807, 2.05) is 42.5 Å². The smallest absolute Gasteiger partial charge is 0.137 e. The van der Waals surface area contributed by atoms with Crippen LogP contribution in [-0.2, 0) is 25.2 Å². The Kier molecular flexibility index (Phi) is 6.19. The van der Waals surface area contributed by atoms with E-state index in [1.54, 1.807) is 10.9 Å². The van der Waals surface area contributed by atoms with E-state index in [9.17, 15) is 13.9 Å². The van der Waals surface area contributed by atoms with Crippen LogP contribution < -0.4 is 5.32 Å². The predicted octanol–water partition coefficient (Wildman–Crippen LogP) is 4.76. The van der Waals surface area contributed by atoms with Gasteiger partial charge in [0, 0.05) is 34.3 Å². The Balaban J connectivity index is 1.43. The lowest BCUT2D eigenvalue weighted by molar-refractivity contribution is -0.00734. The molecule has 2 N–H and O–H groups in total. The Bertz CT molecular complexity index is 1470. The zero-order valence-corrected chi connectivity index (χ0v) is 19.2. The van der Waals surface area contributed by atoms with Crippen molar-refractivity contribution in [3.63, 3.8) is 0 Å². The second-order valence-corrected chi connectivity index (χ2v) is 8.68. The van der Waals surface area contributed by atoms with Crippen molar-refractivity contribution < 1.29 is 13.9 Å². The highest BCUT2D eigenvalue weighted by Gasteiger charge is 2.35. The Labute approximate surface area is 204 Å². The van der Waals surface area contributed by atoms with Gasteiger partial charge in [0.1, 0.15) is 29.9 Å². The lowest BCUT2D eigenvalue weighted by Gasteiger charge is -2.29. The zero-order valence-electron chi connectivity index (χ0n) is 18.4. The Morgan fingerprint density at radius 3 is 2.63 bits per heavy atom. The molecule has 35 heavy (non-hydrogen) atoms. The lowest BCUT2D eigenvalue weighted by Crippen LogP contribution is -2.37. The van der Waals surface area contributed by atoms with Gasteiger partial charge in [-0.1, -0.05) is 35.9 Å². The summed E-state index contributed by atoms with van der Waals surface area (Å²) in [6, 6.07) is 16.4. The average molecular weight is 495 g/mol. The number of nitrogens with one attached hydrogen (secondary N) is 1. The highest BCUT2D eigenvalue weighted by molar-refractivity contribution is 6.31. The number of hydrogen-bond acceptors (Lipinski definition) is 5. The van der Waals surface area contributed by atoms with Gasteiger partial charge in [-0.05, 0) is 35.9 Å². The first kappa shape index (κ1) is 22.9. The quantitative estimate of drug-likeness (QED) is 0.325. The van der Waals surface area contributed by atoms with E-state index in [0.29, 0.717) is 11.6 Å². The molecule has 10 heteroatoms. The summed E-state index contributed by atoms with van der Waals surface area (Å²) >= 11 is 6.24. The normalized spacial score (nSPS) is 13.1. The van der Waals surface area contributed by atoms with Crippen LogP contribution in [0, 0.1) is 11.6 Å². The zero-order chi connectivity index (χ0) is 24.4. The Morgan fingerprint density at radius 2 is 1.86 bits per heavy atom. The van der Waals surface area contributed by atoms with Crippen molar-refractivity contribution in [1.29, 1.82) is 0 Å². The number of aromatic nitrogens is 5. The topological polar surface area (TPSA) is 80.8 Å². The summed E-state index contributed by atoms with van der Waals surface area (Å²) in [5.74, 6) is -1.58. The van der Waals surface area contributed by atoms with Crippen LogP contribution in [0.2, 0.25) is 5.02 Å². The van der Waals surface area contributed by atoms with Gasteiger partial charge in [0.15, 0.2) is 0 Å². The summed E-state index contributed by atoms with van der Waals surface area (Å²) in [7, 11) is 0. The first-order chi connectivity index (χ1) is 16.9. The molecule has 5 aromatic rings. The van der Waals surface area contributed by atoms with Crippen LogP contribution in [0.15, 0.2) is 79.5 Å². The number of halogens is 3. The van der Waals surface area contributed by atoms with Crippen LogP contribution in [0.1, 0.15) is 11.1 Å². The van der Waals surface area contributed by atoms with E-state index < -0.39 is 17.2 Å². The molecule has 1 atom stereocenters. The number of anilines is 1. The lowest BCUT2D eigenvalue weighted by atomic mass is 9.92. The molecular formula is C25H21ClF2N6O. The van der Waals surface area contributed by atoms with E-state index >= 15 is 0 Å². The second kappa shape index (κ2) is 9.44. The maximum Gasteiger partial charge on any atom is 0.137 e. The van der Waals surface area contributed by atoms with Gasteiger partial charge in [-0.3, -0.25) is 4.68 Å². The van der Waals surface area contributed by atoms with Gasteiger partial charge >= 0.3 is 0 Å². The SMILES string of the molecule is OC(Cn1cncn1)(Cn1ncc2cc(NCc3ccccc3Cl)ccc21)c1ccc(F)cc1F. The summed E-state index contributed by atoms with van der Waals surface area (Å²) in [5, 5.41) is 24.9. The third kappa shape index (κ3) is 4.87. The van der Waals surface area contributed by atoms with Gasteiger partial charge in [0.25, 0.3) is 0 Å². The fourth-order valence-corrected chi connectivity index (χ4v) is 4.28. The van der Waals surface area contributed by atoms with Gasteiger partial charge in [-0.25, -0.2) is 18.4 Å². The molecule has 0 spiro atoms. The molecule has 7 nitrogen and oxygen atoms in total. The van der Waals surface area contributed by atoms with Crippen LogP contribution in [-0.4, -0.2) is 29.7 Å². The van der Waals surface area contributed by atoms with E-state index in [1.165, 1.54) is 23.4 Å². The fraction of sp³-hybridized carbons (Fsp3) is 0.160. The minimum Gasteiger partial charge on any atom is -0.381 e. The molecule has 0 aliphatic rings. The van der Waals surface area contributed by atoms with E-state index in [-0.39, 0.29) is 18.7 Å². The Morgan fingerprint density at radius 1 is 1.00 bits per heavy atom. The van der Waals surface area contributed by atoms with Crippen molar-refractivity contribution in [2.45, 2.75) is 25.2 Å². The van der Waals surface area contributed by atoms with E-state index in [0.717, 1.165) is 34.3 Å². The largest absolute Gasteiger partial charge is 0.381 e. The van der Waals surface area contributed by atoms with Gasteiger partial charge in [-0.2, -0.15) is 10.2 Å². The van der Waals surface area contributed by atoms with Gasteiger partial charge < -0.3 is 10.4 Å². The molecular weight excluding hydrogens is 474 g/mol. The number of fused-ring (bicyclic) bond motifs is 1. The van der Waals surface area contributed by atoms with E-state index in [2.05, 4.69) is 20.5 Å². The monoisotopic (exact) mass is 494 g/mol. The average Bonchev–Trinajstić information content (AvgIpc) is 3.48. The standard InChI is InChI=1S/C25H21ClF2N6O/c26-22-4-2-1-3-17(22)11-30-20-6-8-24-18(9-20)12-31-34(24)14-25(35,13-33-16-29-15-32-33)21-7-5-19(27)10-23(21)28/h1-10,12,15-16,30,35H,11,13-14H2. The van der Waals surface area contributed by atoms with Crippen molar-refractivity contribution in [1.82, 2.24) is 24.5 Å². The molecule has 0 aliphatic heterocycles. The maximum atomic E-state index is 14.7. The van der Waals surface area contributed by atoms with Crippen molar-refractivity contribution in [3.8, 4) is 0 Å². The van der Waals surface area contributed by atoms with Crippen LogP contribution in [0.25, 0.3) is 10.9 Å². The molecule has 1 unspecified atom stereocenters. The van der Waals surface area contributed by atoms with Gasteiger partial charge in [-0.15, -0.1) is 0 Å². The highest BCUT2D eigenvalue weighted by Crippen LogP contribution is 2.30. The highest BCUT2D eigenvalue weighted by atomic mass is 35.5. The number of aliphatic hydroxyl groups is 1. The minimum atomic E-state index is -1.77. The molecule has 0 aliphatic carbocycles. The molecule has 0 saturated carbocycles. The van der Waals surface area contributed by atoms with Crippen LogP contribution >= 0.6 is 11.6 Å². The van der Waals surface area contributed by atoms with Crippen LogP contribution in [0.3, 0.4) is 0 Å². The summed E-state index contributed by atoms with van der Waals surface area (Å²) < 4.78 is 31.3.